The Bertz CT molecular complexity index is 972. The van der Waals surface area contributed by atoms with E-state index in [1.54, 1.807) is 19.2 Å². The Morgan fingerprint density at radius 2 is 1.69 bits per heavy atom. The molecule has 1 aliphatic heterocycles. The Morgan fingerprint density at radius 1 is 0.962 bits per heavy atom. The molecule has 0 amide bonds. The molecule has 1 N–H and O–H groups in total. The Morgan fingerprint density at radius 3 is 2.46 bits per heavy atom. The molecule has 0 fully saturated rings. The third-order valence-corrected chi connectivity index (χ3v) is 4.71. The van der Waals surface area contributed by atoms with Crippen molar-refractivity contribution in [2.45, 2.75) is 5.92 Å². The van der Waals surface area contributed by atoms with Crippen LogP contribution in [0.1, 0.15) is 17.0 Å². The van der Waals surface area contributed by atoms with Crippen LogP contribution in [0.25, 0.3) is 0 Å². The molecule has 3 nitrogen and oxygen atoms in total. The maximum atomic E-state index is 13.1. The lowest BCUT2D eigenvalue weighted by Crippen LogP contribution is -2.23. The minimum atomic E-state index is -0.314. The van der Waals surface area contributed by atoms with E-state index in [9.17, 15) is 4.39 Å². The van der Waals surface area contributed by atoms with Gasteiger partial charge in [-0.3, -0.25) is 0 Å². The van der Waals surface area contributed by atoms with E-state index >= 15 is 0 Å². The van der Waals surface area contributed by atoms with Crippen molar-refractivity contribution in [2.24, 2.45) is 0 Å². The van der Waals surface area contributed by atoms with Crippen LogP contribution in [0, 0.1) is 5.82 Å². The molecule has 1 aliphatic rings. The van der Waals surface area contributed by atoms with E-state index in [-0.39, 0.29) is 11.7 Å². The van der Waals surface area contributed by atoms with Gasteiger partial charge in [-0.05, 0) is 59.7 Å². The first kappa shape index (κ1) is 16.5. The summed E-state index contributed by atoms with van der Waals surface area (Å²) in [5.41, 5.74) is 3.85. The van der Waals surface area contributed by atoms with Gasteiger partial charge in [0.1, 0.15) is 17.3 Å². The van der Waals surface area contributed by atoms with Crippen LogP contribution in [-0.4, -0.2) is 12.2 Å². The van der Waals surface area contributed by atoms with Crippen molar-refractivity contribution in [3.63, 3.8) is 0 Å². The second-order valence-electron chi connectivity index (χ2n) is 5.94. The van der Waals surface area contributed by atoms with Crippen molar-refractivity contribution in [1.82, 2.24) is 0 Å². The Labute approximate surface area is 156 Å². The molecular weight excluding hydrogens is 349 g/mol. The predicted molar refractivity (Wildman–Crippen MR) is 104 cm³/mol. The van der Waals surface area contributed by atoms with Crippen LogP contribution in [0.3, 0.4) is 0 Å². The van der Waals surface area contributed by atoms with Crippen LogP contribution in [0.15, 0.2) is 66.7 Å². The highest BCUT2D eigenvalue weighted by Crippen LogP contribution is 2.46. The fourth-order valence-corrected chi connectivity index (χ4v) is 3.54. The van der Waals surface area contributed by atoms with Crippen LogP contribution in [-0.2, 0) is 0 Å². The van der Waals surface area contributed by atoms with E-state index in [1.165, 1.54) is 12.1 Å². The molecule has 4 rings (SSSR count). The summed E-state index contributed by atoms with van der Waals surface area (Å²) in [4.78, 5) is 0. The fraction of sp³-hybridized carbons (Fsp3) is 0.0952. The molecule has 3 aromatic carbocycles. The van der Waals surface area contributed by atoms with Gasteiger partial charge >= 0.3 is 0 Å². The number of halogens is 1. The summed E-state index contributed by atoms with van der Waals surface area (Å²) in [7, 11) is 1.64. The molecule has 0 aromatic heterocycles. The van der Waals surface area contributed by atoms with Gasteiger partial charge in [0, 0.05) is 5.69 Å². The maximum Gasteiger partial charge on any atom is 0.179 e. The molecule has 3 aromatic rings. The normalized spacial score (nSPS) is 14.6. The lowest BCUT2D eigenvalue weighted by molar-refractivity contribution is 0.416. The average molecular weight is 365 g/mol. The third-order valence-electron chi connectivity index (χ3n) is 4.39. The van der Waals surface area contributed by atoms with Crippen molar-refractivity contribution in [3.05, 3.63) is 83.7 Å². The quantitative estimate of drug-likeness (QED) is 0.627. The number of nitrogens with one attached hydrogen (secondary N) is 1. The zero-order valence-corrected chi connectivity index (χ0v) is 14.8. The molecule has 0 saturated carbocycles. The highest BCUT2D eigenvalue weighted by molar-refractivity contribution is 7.80. The van der Waals surface area contributed by atoms with Crippen molar-refractivity contribution < 1.29 is 13.9 Å². The second kappa shape index (κ2) is 6.77. The van der Waals surface area contributed by atoms with E-state index in [1.807, 2.05) is 42.5 Å². The fourth-order valence-electron chi connectivity index (χ4n) is 3.19. The molecule has 1 atom stereocenters. The van der Waals surface area contributed by atoms with Gasteiger partial charge in [-0.15, -0.1) is 0 Å². The van der Waals surface area contributed by atoms with Crippen LogP contribution >= 0.6 is 12.2 Å². The van der Waals surface area contributed by atoms with Crippen LogP contribution in [0.4, 0.5) is 15.8 Å². The first-order valence-electron chi connectivity index (χ1n) is 8.17. The summed E-state index contributed by atoms with van der Waals surface area (Å²) in [6, 6.07) is 19.6. The summed E-state index contributed by atoms with van der Waals surface area (Å²) < 4.78 is 24.5. The van der Waals surface area contributed by atoms with Crippen LogP contribution < -0.4 is 14.8 Å². The highest BCUT2D eigenvalue weighted by atomic mass is 32.1. The van der Waals surface area contributed by atoms with Gasteiger partial charge in [0.25, 0.3) is 0 Å². The number of para-hydroxylation sites is 2. The van der Waals surface area contributed by atoms with Gasteiger partial charge in [0.2, 0.25) is 0 Å². The lowest BCUT2D eigenvalue weighted by Gasteiger charge is -2.30. The van der Waals surface area contributed by atoms with Gasteiger partial charge in [-0.25, -0.2) is 4.39 Å². The van der Waals surface area contributed by atoms with Crippen molar-refractivity contribution in [3.8, 4) is 11.5 Å². The number of fused-ring (bicyclic) bond motifs is 2. The smallest absolute Gasteiger partial charge is 0.179 e. The highest BCUT2D eigenvalue weighted by Gasteiger charge is 2.31. The number of anilines is 2. The SMILES string of the molecule is COc1cccc2c1Nc1ccccc1C2C(=S)Oc1ccc(F)cc1. The summed E-state index contributed by atoms with van der Waals surface area (Å²) in [5.74, 6) is 0.701. The number of ether oxygens (including phenoxy) is 2. The predicted octanol–water partition coefficient (Wildman–Crippen LogP) is 5.43. The molecule has 1 heterocycles. The first-order valence-corrected chi connectivity index (χ1v) is 8.58. The van der Waals surface area contributed by atoms with Gasteiger partial charge in [-0.1, -0.05) is 30.3 Å². The standard InChI is InChI=1S/C21H16FNO2S/c1-24-18-8-4-6-16-19(15-5-2-3-7-17(15)23-20(16)18)21(26)25-14-11-9-13(22)10-12-14/h2-12,19,23H,1H3. The molecule has 0 spiro atoms. The minimum Gasteiger partial charge on any atom is -0.495 e. The van der Waals surface area contributed by atoms with E-state index in [2.05, 4.69) is 5.32 Å². The molecule has 5 heteroatoms. The van der Waals surface area contributed by atoms with Gasteiger partial charge in [-0.2, -0.15) is 0 Å². The monoisotopic (exact) mass is 365 g/mol. The lowest BCUT2D eigenvalue weighted by atomic mass is 9.86. The minimum absolute atomic E-state index is 0.238. The van der Waals surface area contributed by atoms with E-state index in [0.29, 0.717) is 10.8 Å². The first-order chi connectivity index (χ1) is 12.7. The van der Waals surface area contributed by atoms with Crippen LogP contribution in [0.5, 0.6) is 11.5 Å². The number of hydrogen-bond donors (Lipinski definition) is 1. The molecule has 26 heavy (non-hydrogen) atoms. The summed E-state index contributed by atoms with van der Waals surface area (Å²) in [5, 5.41) is 3.83. The van der Waals surface area contributed by atoms with Crippen molar-refractivity contribution in [1.29, 1.82) is 0 Å². The van der Waals surface area contributed by atoms with E-state index in [4.69, 9.17) is 21.7 Å². The number of thiocarbonyl (C=S) groups is 1. The van der Waals surface area contributed by atoms with Crippen LogP contribution in [0.2, 0.25) is 0 Å². The third kappa shape index (κ3) is 2.91. The van der Waals surface area contributed by atoms with Gasteiger partial charge in [0.05, 0.1) is 18.7 Å². The zero-order chi connectivity index (χ0) is 18.1. The Kier molecular flexibility index (Phi) is 4.31. The number of rotatable bonds is 3. The topological polar surface area (TPSA) is 30.5 Å². The molecule has 1 unspecified atom stereocenters. The number of benzene rings is 3. The van der Waals surface area contributed by atoms with E-state index < -0.39 is 0 Å². The number of hydrogen-bond acceptors (Lipinski definition) is 4. The Balaban J connectivity index is 1.77. The maximum absolute atomic E-state index is 13.1. The molecule has 0 radical (unpaired) electrons. The Hall–Kier alpha value is -2.92. The molecule has 130 valence electrons. The average Bonchev–Trinajstić information content (AvgIpc) is 2.67. The molecule has 0 aliphatic carbocycles. The number of methoxy groups -OCH3 is 1. The van der Waals surface area contributed by atoms with Crippen molar-refractivity contribution in [2.75, 3.05) is 12.4 Å². The zero-order valence-electron chi connectivity index (χ0n) is 14.0. The largest absolute Gasteiger partial charge is 0.495 e. The van der Waals surface area contributed by atoms with Gasteiger partial charge in [0.15, 0.2) is 5.05 Å². The summed E-state index contributed by atoms with van der Waals surface area (Å²) in [6.07, 6.45) is 0. The molecule has 0 bridgehead atoms. The van der Waals surface area contributed by atoms with E-state index in [0.717, 1.165) is 28.3 Å². The molecular formula is C21H16FNO2S. The van der Waals surface area contributed by atoms with Crippen molar-refractivity contribution >= 4 is 28.6 Å². The van der Waals surface area contributed by atoms with Gasteiger partial charge < -0.3 is 14.8 Å². The second-order valence-corrected chi connectivity index (χ2v) is 6.35. The summed E-state index contributed by atoms with van der Waals surface area (Å²) in [6.45, 7) is 0. The summed E-state index contributed by atoms with van der Waals surface area (Å²) >= 11 is 5.64. The molecule has 0 saturated heterocycles.